The van der Waals surface area contributed by atoms with Gasteiger partial charge in [-0.2, -0.15) is 0 Å². The maximum Gasteiger partial charge on any atom is 0.254 e. The number of hydrogen-bond acceptors (Lipinski definition) is 4. The number of carbonyl (C=O) groups excluding carboxylic acids is 1. The van der Waals surface area contributed by atoms with Crippen LogP contribution in [0, 0.1) is 25.5 Å². The lowest BCUT2D eigenvalue weighted by Crippen LogP contribution is -2.30. The smallest absolute Gasteiger partial charge is 0.254 e. The summed E-state index contributed by atoms with van der Waals surface area (Å²) >= 11 is 0. The summed E-state index contributed by atoms with van der Waals surface area (Å²) in [5.74, 6) is -0.640. The highest BCUT2D eigenvalue weighted by Gasteiger charge is 2.24. The Morgan fingerprint density at radius 2 is 1.91 bits per heavy atom. The van der Waals surface area contributed by atoms with Crippen molar-refractivity contribution >= 4 is 5.91 Å². The van der Waals surface area contributed by atoms with Crippen LogP contribution < -0.4 is 5.32 Å². The number of halogens is 2. The first-order valence-electron chi connectivity index (χ1n) is 10.8. The van der Waals surface area contributed by atoms with Gasteiger partial charge in [-0.25, -0.2) is 8.78 Å². The van der Waals surface area contributed by atoms with E-state index in [2.05, 4.69) is 52.5 Å². The van der Waals surface area contributed by atoms with Crippen LogP contribution in [0.4, 0.5) is 8.78 Å². The van der Waals surface area contributed by atoms with E-state index in [1.54, 1.807) is 6.92 Å². The van der Waals surface area contributed by atoms with Crippen LogP contribution in [0.2, 0.25) is 0 Å². The van der Waals surface area contributed by atoms with E-state index in [-0.39, 0.29) is 5.56 Å². The Bertz CT molecular complexity index is 1140. The molecule has 1 amide bonds. The molecule has 2 heterocycles. The SMILES string of the molecule is Cc1ccc(CN2CCc3nnc([C@H](C)NC(=O)c4cc(F)ccc4F)n3CC2)c(C)c1. The molecule has 0 fully saturated rings. The zero-order chi connectivity index (χ0) is 22.8. The van der Waals surface area contributed by atoms with Crippen LogP contribution >= 0.6 is 0 Å². The Balaban J connectivity index is 1.44. The van der Waals surface area contributed by atoms with E-state index in [0.717, 1.165) is 50.1 Å². The number of benzene rings is 2. The zero-order valence-corrected chi connectivity index (χ0v) is 18.5. The summed E-state index contributed by atoms with van der Waals surface area (Å²) in [5, 5.41) is 11.3. The molecular formula is C24H27F2N5O. The summed E-state index contributed by atoms with van der Waals surface area (Å²) in [6.07, 6.45) is 0.747. The molecule has 3 aromatic rings. The van der Waals surface area contributed by atoms with Crippen LogP contribution in [0.15, 0.2) is 36.4 Å². The van der Waals surface area contributed by atoms with Crippen molar-refractivity contribution in [3.05, 3.63) is 81.9 Å². The van der Waals surface area contributed by atoms with E-state index < -0.39 is 23.6 Å². The number of hydrogen-bond donors (Lipinski definition) is 1. The highest BCUT2D eigenvalue weighted by Crippen LogP contribution is 2.19. The number of amides is 1. The monoisotopic (exact) mass is 439 g/mol. The Morgan fingerprint density at radius 1 is 1.09 bits per heavy atom. The molecule has 1 aliphatic rings. The molecule has 0 aliphatic carbocycles. The first-order chi connectivity index (χ1) is 15.3. The zero-order valence-electron chi connectivity index (χ0n) is 18.5. The highest BCUT2D eigenvalue weighted by molar-refractivity contribution is 5.94. The first-order valence-corrected chi connectivity index (χ1v) is 10.8. The number of nitrogens with one attached hydrogen (secondary N) is 1. The van der Waals surface area contributed by atoms with Crippen LogP contribution in [0.3, 0.4) is 0 Å². The third-order valence-corrected chi connectivity index (χ3v) is 5.95. The number of aryl methyl sites for hydroxylation is 2. The van der Waals surface area contributed by atoms with Crippen molar-refractivity contribution in [1.82, 2.24) is 25.0 Å². The van der Waals surface area contributed by atoms with E-state index in [1.807, 2.05) is 4.57 Å². The molecule has 32 heavy (non-hydrogen) atoms. The minimum absolute atomic E-state index is 0.327. The number of rotatable bonds is 5. The Kier molecular flexibility index (Phi) is 6.32. The Morgan fingerprint density at radius 3 is 2.69 bits per heavy atom. The van der Waals surface area contributed by atoms with Crippen molar-refractivity contribution in [2.24, 2.45) is 0 Å². The molecule has 0 saturated heterocycles. The highest BCUT2D eigenvalue weighted by atomic mass is 19.1. The molecule has 4 rings (SSSR count). The van der Waals surface area contributed by atoms with Gasteiger partial charge < -0.3 is 9.88 Å². The van der Waals surface area contributed by atoms with Gasteiger partial charge in [-0.05, 0) is 50.1 Å². The lowest BCUT2D eigenvalue weighted by Gasteiger charge is -2.21. The minimum Gasteiger partial charge on any atom is -0.342 e. The predicted molar refractivity (Wildman–Crippen MR) is 117 cm³/mol. The standard InChI is InChI=1S/C24H27F2N5O/c1-15-4-5-18(16(2)12-15)14-30-9-8-22-28-29-23(31(22)11-10-30)17(3)27-24(32)20-13-19(25)6-7-21(20)26/h4-7,12-13,17H,8-11,14H2,1-3H3,(H,27,32)/t17-/m0/s1. The average Bonchev–Trinajstić information content (AvgIpc) is 3.06. The maximum atomic E-state index is 13.9. The number of carbonyl (C=O) groups is 1. The summed E-state index contributed by atoms with van der Waals surface area (Å²) in [6, 6.07) is 8.85. The second-order valence-electron chi connectivity index (χ2n) is 8.40. The second kappa shape index (κ2) is 9.16. The molecule has 0 radical (unpaired) electrons. The maximum absolute atomic E-state index is 13.9. The third kappa shape index (κ3) is 4.70. The molecule has 1 N–H and O–H groups in total. The van der Waals surface area contributed by atoms with Gasteiger partial charge >= 0.3 is 0 Å². The van der Waals surface area contributed by atoms with E-state index in [0.29, 0.717) is 12.4 Å². The van der Waals surface area contributed by atoms with Crippen LogP contribution in [-0.2, 0) is 19.5 Å². The molecule has 0 unspecified atom stereocenters. The second-order valence-corrected chi connectivity index (χ2v) is 8.40. The molecule has 8 heteroatoms. The number of nitrogens with zero attached hydrogens (tertiary/aromatic N) is 4. The molecule has 6 nitrogen and oxygen atoms in total. The van der Waals surface area contributed by atoms with Crippen molar-refractivity contribution < 1.29 is 13.6 Å². The molecule has 1 atom stereocenters. The number of aromatic nitrogens is 3. The van der Waals surface area contributed by atoms with Gasteiger partial charge in [-0.1, -0.05) is 23.8 Å². The predicted octanol–water partition coefficient (Wildman–Crippen LogP) is 3.72. The fourth-order valence-corrected chi connectivity index (χ4v) is 4.14. The Labute approximate surface area is 186 Å². The molecule has 2 aromatic carbocycles. The van der Waals surface area contributed by atoms with Crippen LogP contribution in [0.5, 0.6) is 0 Å². The molecule has 168 valence electrons. The van der Waals surface area contributed by atoms with Crippen molar-refractivity contribution in [1.29, 1.82) is 0 Å². The van der Waals surface area contributed by atoms with E-state index >= 15 is 0 Å². The molecule has 1 aliphatic heterocycles. The summed E-state index contributed by atoms with van der Waals surface area (Å²) in [5.41, 5.74) is 3.53. The molecule has 0 spiro atoms. The van der Waals surface area contributed by atoms with Gasteiger partial charge in [0.25, 0.3) is 5.91 Å². The summed E-state index contributed by atoms with van der Waals surface area (Å²) in [7, 11) is 0. The van der Waals surface area contributed by atoms with Gasteiger partial charge in [-0.15, -0.1) is 10.2 Å². The largest absolute Gasteiger partial charge is 0.342 e. The lowest BCUT2D eigenvalue weighted by molar-refractivity contribution is 0.0933. The number of fused-ring (bicyclic) bond motifs is 1. The van der Waals surface area contributed by atoms with Crippen LogP contribution in [0.1, 0.15) is 51.7 Å². The molecule has 1 aromatic heterocycles. The molecule has 0 saturated carbocycles. The normalized spacial score (nSPS) is 15.2. The van der Waals surface area contributed by atoms with Gasteiger partial charge in [0.05, 0.1) is 11.6 Å². The quantitative estimate of drug-likeness (QED) is 0.658. The van der Waals surface area contributed by atoms with E-state index in [9.17, 15) is 13.6 Å². The van der Waals surface area contributed by atoms with E-state index in [1.165, 1.54) is 16.7 Å². The van der Waals surface area contributed by atoms with Crippen molar-refractivity contribution in [2.45, 2.75) is 46.3 Å². The lowest BCUT2D eigenvalue weighted by atomic mass is 10.1. The van der Waals surface area contributed by atoms with Crippen molar-refractivity contribution in [3.63, 3.8) is 0 Å². The van der Waals surface area contributed by atoms with Crippen molar-refractivity contribution in [2.75, 3.05) is 13.1 Å². The first kappa shape index (κ1) is 22.1. The molecule has 0 bridgehead atoms. The summed E-state index contributed by atoms with van der Waals surface area (Å²) in [6.45, 7) is 9.25. The summed E-state index contributed by atoms with van der Waals surface area (Å²) in [4.78, 5) is 14.9. The average molecular weight is 440 g/mol. The fraction of sp³-hybridized carbons (Fsp3) is 0.375. The minimum atomic E-state index is -0.766. The van der Waals surface area contributed by atoms with E-state index in [4.69, 9.17) is 0 Å². The molecular weight excluding hydrogens is 412 g/mol. The van der Waals surface area contributed by atoms with Crippen LogP contribution in [0.25, 0.3) is 0 Å². The van der Waals surface area contributed by atoms with Crippen molar-refractivity contribution in [3.8, 4) is 0 Å². The van der Waals surface area contributed by atoms with Crippen LogP contribution in [-0.4, -0.2) is 38.7 Å². The fourth-order valence-electron chi connectivity index (χ4n) is 4.14. The van der Waals surface area contributed by atoms with Gasteiger partial charge in [0.15, 0.2) is 5.82 Å². The van der Waals surface area contributed by atoms with Gasteiger partial charge in [0.2, 0.25) is 0 Å². The van der Waals surface area contributed by atoms with Gasteiger partial charge in [0, 0.05) is 32.6 Å². The van der Waals surface area contributed by atoms with Gasteiger partial charge in [-0.3, -0.25) is 9.69 Å². The third-order valence-electron chi connectivity index (χ3n) is 5.95. The van der Waals surface area contributed by atoms with Gasteiger partial charge in [0.1, 0.15) is 17.5 Å². The summed E-state index contributed by atoms with van der Waals surface area (Å²) < 4.78 is 29.4. The topological polar surface area (TPSA) is 63.1 Å². The Hall–Kier alpha value is -3.13.